The summed E-state index contributed by atoms with van der Waals surface area (Å²) in [5.41, 5.74) is 2.14. The van der Waals surface area contributed by atoms with Crippen LogP contribution in [0.2, 0.25) is 0 Å². The van der Waals surface area contributed by atoms with E-state index < -0.39 is 30.0 Å². The highest BCUT2D eigenvalue weighted by atomic mass is 16.4. The topological polar surface area (TPSA) is 107 Å². The molecule has 4 N–H and O–H groups in total. The molecule has 0 saturated carbocycles. The number of carbonyl (C=O) groups is 2. The van der Waals surface area contributed by atoms with Gasteiger partial charge in [-0.3, -0.25) is 9.59 Å². The third kappa shape index (κ3) is 6.29. The van der Waals surface area contributed by atoms with Gasteiger partial charge in [0, 0.05) is 0 Å². The lowest BCUT2D eigenvalue weighted by Gasteiger charge is -2.09. The fraction of sp³-hybridized carbons (Fsp3) is 0.556. The molecule has 3 atom stereocenters. The molecule has 134 valence electrons. The van der Waals surface area contributed by atoms with E-state index >= 15 is 0 Å². The van der Waals surface area contributed by atoms with Crippen molar-refractivity contribution in [2.45, 2.75) is 51.7 Å². The summed E-state index contributed by atoms with van der Waals surface area (Å²) in [4.78, 5) is 21.0. The number of aliphatic hydroxyl groups is 1. The molecule has 2 unspecified atom stereocenters. The minimum atomic E-state index is -0.972. The van der Waals surface area contributed by atoms with Crippen molar-refractivity contribution < 1.29 is 24.9 Å². The molecule has 1 aliphatic heterocycles. The van der Waals surface area contributed by atoms with E-state index in [0.717, 1.165) is 12.0 Å². The second-order valence-corrected chi connectivity index (χ2v) is 6.53. The number of rotatable bonds is 5. The third-order valence-corrected chi connectivity index (χ3v) is 3.95. The number of aliphatic hydroxyl groups excluding tert-OH is 1. The first kappa shape index (κ1) is 20.1. The summed E-state index contributed by atoms with van der Waals surface area (Å²) in [6, 6.07) is 7.13. The van der Waals surface area contributed by atoms with Gasteiger partial charge in [0.1, 0.15) is 6.04 Å². The van der Waals surface area contributed by atoms with Crippen molar-refractivity contribution >= 4 is 11.9 Å². The molecule has 0 aromatic heterocycles. The Morgan fingerprint density at radius 1 is 1.17 bits per heavy atom. The third-order valence-electron chi connectivity index (χ3n) is 3.95. The quantitative estimate of drug-likeness (QED) is 0.653. The molecule has 6 heteroatoms. The van der Waals surface area contributed by atoms with E-state index in [1.54, 1.807) is 6.92 Å². The molecule has 1 aromatic rings. The van der Waals surface area contributed by atoms with E-state index in [2.05, 4.69) is 19.2 Å². The van der Waals surface area contributed by atoms with Crippen LogP contribution in [0.4, 0.5) is 0 Å². The lowest BCUT2D eigenvalue weighted by atomic mass is 9.97. The molecule has 1 aromatic carbocycles. The Kier molecular flexibility index (Phi) is 7.88. The maximum absolute atomic E-state index is 10.8. The zero-order chi connectivity index (χ0) is 18.3. The predicted octanol–water partition coefficient (Wildman–Crippen LogP) is 1.87. The van der Waals surface area contributed by atoms with Crippen molar-refractivity contribution in [3.8, 4) is 0 Å². The van der Waals surface area contributed by atoms with E-state index in [0.29, 0.717) is 18.9 Å². The van der Waals surface area contributed by atoms with Gasteiger partial charge in [0.2, 0.25) is 0 Å². The molecule has 24 heavy (non-hydrogen) atoms. The molecule has 1 saturated heterocycles. The molecule has 1 heterocycles. The van der Waals surface area contributed by atoms with Gasteiger partial charge in [-0.1, -0.05) is 38.1 Å². The van der Waals surface area contributed by atoms with Gasteiger partial charge in [-0.25, -0.2) is 0 Å². The standard InChI is InChI=1S/C13H18O2.C5H9NO3/c1-9(2)8-11-4-6-12(7-5-11)10(3)13(14)15;7-3-1-2-6-4(3)5(8)9/h4-7,9-10H,8H2,1-3H3,(H,14,15);3-4,6-7H,1-2H2,(H,8,9)/t;3?,4-/m.0/s1. The Morgan fingerprint density at radius 3 is 2.08 bits per heavy atom. The van der Waals surface area contributed by atoms with Crippen molar-refractivity contribution in [3.05, 3.63) is 35.4 Å². The first-order valence-corrected chi connectivity index (χ1v) is 8.18. The summed E-state index contributed by atoms with van der Waals surface area (Å²) < 4.78 is 0. The Labute approximate surface area is 142 Å². The number of hydrogen-bond acceptors (Lipinski definition) is 4. The van der Waals surface area contributed by atoms with Crippen LogP contribution in [0.15, 0.2) is 24.3 Å². The van der Waals surface area contributed by atoms with Crippen LogP contribution in [0.3, 0.4) is 0 Å². The summed E-state index contributed by atoms with van der Waals surface area (Å²) >= 11 is 0. The maximum Gasteiger partial charge on any atom is 0.323 e. The van der Waals surface area contributed by atoms with Crippen molar-refractivity contribution in [2.24, 2.45) is 5.92 Å². The largest absolute Gasteiger partial charge is 0.481 e. The summed E-state index contributed by atoms with van der Waals surface area (Å²) in [5.74, 6) is -1.53. The van der Waals surface area contributed by atoms with Crippen molar-refractivity contribution in [2.75, 3.05) is 6.54 Å². The van der Waals surface area contributed by atoms with Crippen LogP contribution >= 0.6 is 0 Å². The van der Waals surface area contributed by atoms with Crippen LogP contribution in [0.25, 0.3) is 0 Å². The van der Waals surface area contributed by atoms with Gasteiger partial charge in [-0.2, -0.15) is 0 Å². The minimum Gasteiger partial charge on any atom is -0.481 e. The Bertz CT molecular complexity index is 541. The van der Waals surface area contributed by atoms with Gasteiger partial charge in [-0.05, 0) is 43.4 Å². The van der Waals surface area contributed by atoms with Crippen LogP contribution in [-0.2, 0) is 16.0 Å². The summed E-state index contributed by atoms with van der Waals surface area (Å²) in [6.45, 7) is 6.65. The second-order valence-electron chi connectivity index (χ2n) is 6.53. The predicted molar refractivity (Wildman–Crippen MR) is 91.1 cm³/mol. The van der Waals surface area contributed by atoms with Crippen molar-refractivity contribution in [3.63, 3.8) is 0 Å². The van der Waals surface area contributed by atoms with Crippen molar-refractivity contribution in [1.29, 1.82) is 0 Å². The van der Waals surface area contributed by atoms with Crippen LogP contribution in [0.5, 0.6) is 0 Å². The molecule has 0 radical (unpaired) electrons. The highest BCUT2D eigenvalue weighted by Gasteiger charge is 2.30. The zero-order valence-electron chi connectivity index (χ0n) is 14.4. The molecule has 0 spiro atoms. The zero-order valence-corrected chi connectivity index (χ0v) is 14.4. The van der Waals surface area contributed by atoms with E-state index in [1.165, 1.54) is 5.56 Å². The van der Waals surface area contributed by atoms with Gasteiger partial charge in [0.25, 0.3) is 0 Å². The van der Waals surface area contributed by atoms with Gasteiger partial charge < -0.3 is 20.6 Å². The van der Waals surface area contributed by atoms with Crippen LogP contribution in [0, 0.1) is 5.92 Å². The number of hydrogen-bond donors (Lipinski definition) is 4. The number of carboxylic acids is 2. The van der Waals surface area contributed by atoms with Crippen LogP contribution in [-0.4, -0.2) is 45.9 Å². The monoisotopic (exact) mass is 337 g/mol. The van der Waals surface area contributed by atoms with Gasteiger partial charge >= 0.3 is 11.9 Å². The van der Waals surface area contributed by atoms with E-state index in [9.17, 15) is 9.59 Å². The van der Waals surface area contributed by atoms with Gasteiger partial charge in [0.05, 0.1) is 12.0 Å². The van der Waals surface area contributed by atoms with E-state index in [-0.39, 0.29) is 0 Å². The average molecular weight is 337 g/mol. The second kappa shape index (κ2) is 9.39. The molecule has 6 nitrogen and oxygen atoms in total. The summed E-state index contributed by atoms with van der Waals surface area (Å²) in [7, 11) is 0. The highest BCUT2D eigenvalue weighted by Crippen LogP contribution is 2.17. The first-order chi connectivity index (χ1) is 11.2. The van der Waals surface area contributed by atoms with Crippen LogP contribution < -0.4 is 5.32 Å². The fourth-order valence-electron chi connectivity index (χ4n) is 2.50. The molecular formula is C18H27NO5. The van der Waals surface area contributed by atoms with Gasteiger partial charge in [-0.15, -0.1) is 0 Å². The van der Waals surface area contributed by atoms with Gasteiger partial charge in [0.15, 0.2) is 0 Å². The van der Waals surface area contributed by atoms with E-state index in [4.69, 9.17) is 15.3 Å². The smallest absolute Gasteiger partial charge is 0.323 e. The molecule has 0 amide bonds. The molecule has 1 aliphatic rings. The number of carboxylic acid groups (broad SMARTS) is 2. The number of benzene rings is 1. The lowest BCUT2D eigenvalue weighted by molar-refractivity contribution is -0.141. The lowest BCUT2D eigenvalue weighted by Crippen LogP contribution is -2.38. The van der Waals surface area contributed by atoms with E-state index in [1.807, 2.05) is 24.3 Å². The highest BCUT2D eigenvalue weighted by molar-refractivity contribution is 5.75. The Balaban J connectivity index is 0.000000272. The van der Waals surface area contributed by atoms with Crippen molar-refractivity contribution in [1.82, 2.24) is 5.32 Å². The summed E-state index contributed by atoms with van der Waals surface area (Å²) in [5, 5.41) is 28.8. The maximum atomic E-state index is 10.8. The first-order valence-electron chi connectivity index (χ1n) is 8.18. The number of aliphatic carboxylic acids is 2. The minimum absolute atomic E-state index is 0.418. The number of nitrogens with one attached hydrogen (secondary N) is 1. The molecular weight excluding hydrogens is 310 g/mol. The summed E-state index contributed by atoms with van der Waals surface area (Å²) in [6.07, 6.45) is 0.876. The molecule has 0 bridgehead atoms. The fourth-order valence-corrected chi connectivity index (χ4v) is 2.50. The Morgan fingerprint density at radius 2 is 1.75 bits per heavy atom. The molecule has 0 aliphatic carbocycles. The molecule has 2 rings (SSSR count). The SMILES string of the molecule is CC(C)Cc1ccc(C(C)C(=O)O)cc1.O=C(O)[C@H]1NCCC1O. The van der Waals surface area contributed by atoms with Crippen LogP contribution in [0.1, 0.15) is 44.2 Å². The normalized spacial score (nSPS) is 21.0. The Hall–Kier alpha value is -1.92. The average Bonchev–Trinajstić information content (AvgIpc) is 2.93. The molecule has 1 fully saturated rings.